The van der Waals surface area contributed by atoms with Crippen molar-refractivity contribution >= 4 is 23.2 Å². The van der Waals surface area contributed by atoms with Crippen LogP contribution in [0.4, 0.5) is 5.69 Å². The number of rotatable bonds is 4. The Kier molecular flexibility index (Phi) is 4.97. The maximum Gasteiger partial charge on any atom is 0.191 e. The highest BCUT2D eigenvalue weighted by Gasteiger charge is 2.37. The van der Waals surface area contributed by atoms with Gasteiger partial charge in [0, 0.05) is 44.0 Å². The van der Waals surface area contributed by atoms with Crippen LogP contribution in [-0.4, -0.2) is 56.3 Å². The predicted octanol–water partition coefficient (Wildman–Crippen LogP) is 2.35. The molecule has 2 aliphatic rings. The highest BCUT2D eigenvalue weighted by molar-refractivity contribution is 6.30. The summed E-state index contributed by atoms with van der Waals surface area (Å²) in [6.45, 7) is 4.32. The standard InChI is InChI=1S/C17H25ClN4O/c1-23-17(7-2-8-17)13-20-16(19)22-11-9-21(10-12-22)15-5-3-14(18)4-6-15/h3-6H,2,7-13H2,1H3,(H2,19,20). The number of halogens is 1. The molecule has 0 atom stereocenters. The van der Waals surface area contributed by atoms with E-state index in [1.165, 1.54) is 12.1 Å². The molecule has 0 amide bonds. The van der Waals surface area contributed by atoms with Crippen LogP contribution in [0.3, 0.4) is 0 Å². The van der Waals surface area contributed by atoms with Gasteiger partial charge in [0.05, 0.1) is 12.1 Å². The van der Waals surface area contributed by atoms with Crippen LogP contribution in [0.1, 0.15) is 19.3 Å². The molecule has 1 aromatic carbocycles. The summed E-state index contributed by atoms with van der Waals surface area (Å²) in [6, 6.07) is 7.99. The van der Waals surface area contributed by atoms with Gasteiger partial charge in [-0.05, 0) is 43.5 Å². The van der Waals surface area contributed by atoms with Crippen LogP contribution in [0.25, 0.3) is 0 Å². The number of piperazine rings is 1. The van der Waals surface area contributed by atoms with Crippen molar-refractivity contribution in [3.05, 3.63) is 29.3 Å². The lowest BCUT2D eigenvalue weighted by Crippen LogP contribution is -2.52. The maximum absolute atomic E-state index is 6.18. The van der Waals surface area contributed by atoms with Crippen molar-refractivity contribution in [2.45, 2.75) is 24.9 Å². The monoisotopic (exact) mass is 336 g/mol. The number of guanidine groups is 1. The fourth-order valence-electron chi connectivity index (χ4n) is 3.17. The lowest BCUT2D eigenvalue weighted by molar-refractivity contribution is -0.0631. The minimum absolute atomic E-state index is 0.0598. The van der Waals surface area contributed by atoms with Crippen molar-refractivity contribution in [1.82, 2.24) is 4.90 Å². The summed E-state index contributed by atoms with van der Waals surface area (Å²) in [5.74, 6) is 0.643. The molecular formula is C17H25ClN4O. The molecule has 126 valence electrons. The number of nitrogens with zero attached hydrogens (tertiary/aromatic N) is 3. The maximum atomic E-state index is 6.18. The summed E-state index contributed by atoms with van der Waals surface area (Å²) in [7, 11) is 1.77. The molecule has 1 heterocycles. The minimum atomic E-state index is -0.0598. The molecule has 2 N–H and O–H groups in total. The summed E-state index contributed by atoms with van der Waals surface area (Å²) in [5, 5.41) is 0.770. The molecule has 1 saturated carbocycles. The molecule has 1 aliphatic heterocycles. The fourth-order valence-corrected chi connectivity index (χ4v) is 3.29. The normalized spacial score (nSPS) is 21.2. The smallest absolute Gasteiger partial charge is 0.191 e. The van der Waals surface area contributed by atoms with Crippen molar-refractivity contribution in [3.8, 4) is 0 Å². The first-order chi connectivity index (χ1) is 11.1. The van der Waals surface area contributed by atoms with Gasteiger partial charge in [0.1, 0.15) is 0 Å². The average Bonchev–Trinajstić information content (AvgIpc) is 2.55. The molecule has 2 fully saturated rings. The van der Waals surface area contributed by atoms with Gasteiger partial charge in [0.15, 0.2) is 5.96 Å². The molecule has 5 nitrogen and oxygen atoms in total. The van der Waals surface area contributed by atoms with Crippen LogP contribution in [0.2, 0.25) is 5.02 Å². The van der Waals surface area contributed by atoms with Crippen LogP contribution in [0.15, 0.2) is 29.3 Å². The number of hydrogen-bond donors (Lipinski definition) is 1. The molecule has 6 heteroatoms. The Morgan fingerprint density at radius 1 is 1.22 bits per heavy atom. The zero-order chi connectivity index (χ0) is 16.3. The minimum Gasteiger partial charge on any atom is -0.376 e. The third-order valence-electron chi connectivity index (χ3n) is 5.02. The Morgan fingerprint density at radius 2 is 1.87 bits per heavy atom. The lowest BCUT2D eigenvalue weighted by atomic mass is 9.80. The second-order valence-electron chi connectivity index (χ2n) is 6.37. The van der Waals surface area contributed by atoms with E-state index >= 15 is 0 Å². The highest BCUT2D eigenvalue weighted by Crippen LogP contribution is 2.35. The third-order valence-corrected chi connectivity index (χ3v) is 5.27. The van der Waals surface area contributed by atoms with Gasteiger partial charge >= 0.3 is 0 Å². The number of benzene rings is 1. The number of methoxy groups -OCH3 is 1. The van der Waals surface area contributed by atoms with E-state index in [2.05, 4.69) is 26.9 Å². The number of aliphatic imine (C=N–C) groups is 1. The van der Waals surface area contributed by atoms with E-state index in [0.29, 0.717) is 12.5 Å². The predicted molar refractivity (Wildman–Crippen MR) is 95.3 cm³/mol. The fraction of sp³-hybridized carbons (Fsp3) is 0.588. The van der Waals surface area contributed by atoms with Gasteiger partial charge in [0.2, 0.25) is 0 Å². The number of ether oxygens (including phenoxy) is 1. The van der Waals surface area contributed by atoms with Crippen molar-refractivity contribution in [3.63, 3.8) is 0 Å². The van der Waals surface area contributed by atoms with Crippen LogP contribution in [0.5, 0.6) is 0 Å². The zero-order valence-corrected chi connectivity index (χ0v) is 14.4. The van der Waals surface area contributed by atoms with E-state index in [1.807, 2.05) is 12.1 Å². The van der Waals surface area contributed by atoms with Crippen molar-refractivity contribution < 1.29 is 4.74 Å². The van der Waals surface area contributed by atoms with Gasteiger partial charge in [-0.15, -0.1) is 0 Å². The van der Waals surface area contributed by atoms with Crippen LogP contribution in [0, 0.1) is 0 Å². The Hall–Kier alpha value is -1.46. The molecule has 1 saturated heterocycles. The SMILES string of the molecule is COC1(CN=C(N)N2CCN(c3ccc(Cl)cc3)CC2)CCC1. The summed E-state index contributed by atoms with van der Waals surface area (Å²) in [6.07, 6.45) is 3.40. The van der Waals surface area contributed by atoms with Crippen LogP contribution in [-0.2, 0) is 4.74 Å². The highest BCUT2D eigenvalue weighted by atomic mass is 35.5. The molecular weight excluding hydrogens is 312 g/mol. The number of nitrogens with two attached hydrogens (primary N) is 1. The zero-order valence-electron chi connectivity index (χ0n) is 13.7. The van der Waals surface area contributed by atoms with Crippen LogP contribution < -0.4 is 10.6 Å². The summed E-state index contributed by atoms with van der Waals surface area (Å²) in [4.78, 5) is 9.09. The first-order valence-corrected chi connectivity index (χ1v) is 8.60. The molecule has 0 bridgehead atoms. The van der Waals surface area contributed by atoms with E-state index in [1.54, 1.807) is 7.11 Å². The molecule has 0 radical (unpaired) electrons. The van der Waals surface area contributed by atoms with Crippen LogP contribution >= 0.6 is 11.6 Å². The molecule has 1 aliphatic carbocycles. The third kappa shape index (κ3) is 3.72. The first kappa shape index (κ1) is 16.4. The van der Waals surface area contributed by atoms with Crippen molar-refractivity contribution in [2.24, 2.45) is 10.7 Å². The topological polar surface area (TPSA) is 54.1 Å². The van der Waals surface area contributed by atoms with Gasteiger partial charge in [-0.1, -0.05) is 11.6 Å². The number of anilines is 1. The average molecular weight is 337 g/mol. The van der Waals surface area contributed by atoms with E-state index < -0.39 is 0 Å². The molecule has 0 spiro atoms. The Balaban J connectivity index is 1.52. The Bertz CT molecular complexity index is 543. The van der Waals surface area contributed by atoms with E-state index in [-0.39, 0.29) is 5.60 Å². The lowest BCUT2D eigenvalue weighted by Gasteiger charge is -2.40. The second-order valence-corrected chi connectivity index (χ2v) is 6.80. The van der Waals surface area contributed by atoms with E-state index in [0.717, 1.165) is 44.0 Å². The Labute approximate surface area is 143 Å². The second kappa shape index (κ2) is 6.97. The van der Waals surface area contributed by atoms with Gasteiger partial charge in [0.25, 0.3) is 0 Å². The molecule has 0 aromatic heterocycles. The summed E-state index contributed by atoms with van der Waals surface area (Å²) >= 11 is 5.95. The van der Waals surface area contributed by atoms with Gasteiger partial charge in [-0.25, -0.2) is 0 Å². The van der Waals surface area contributed by atoms with E-state index in [9.17, 15) is 0 Å². The molecule has 0 unspecified atom stereocenters. The molecule has 23 heavy (non-hydrogen) atoms. The van der Waals surface area contributed by atoms with Gasteiger partial charge < -0.3 is 20.3 Å². The summed E-state index contributed by atoms with van der Waals surface area (Å²) < 4.78 is 5.60. The largest absolute Gasteiger partial charge is 0.376 e. The van der Waals surface area contributed by atoms with E-state index in [4.69, 9.17) is 22.1 Å². The van der Waals surface area contributed by atoms with Gasteiger partial charge in [-0.2, -0.15) is 0 Å². The van der Waals surface area contributed by atoms with Gasteiger partial charge in [-0.3, -0.25) is 4.99 Å². The summed E-state index contributed by atoms with van der Waals surface area (Å²) in [5.41, 5.74) is 7.32. The quantitative estimate of drug-likeness (QED) is 0.677. The number of hydrogen-bond acceptors (Lipinski definition) is 3. The van der Waals surface area contributed by atoms with Crippen molar-refractivity contribution in [1.29, 1.82) is 0 Å². The van der Waals surface area contributed by atoms with Crippen molar-refractivity contribution in [2.75, 3.05) is 44.7 Å². The molecule has 1 aromatic rings. The first-order valence-electron chi connectivity index (χ1n) is 8.22. The Morgan fingerprint density at radius 3 is 2.39 bits per heavy atom. The molecule has 3 rings (SSSR count).